The van der Waals surface area contributed by atoms with E-state index in [-0.39, 0.29) is 0 Å². The molecule has 0 saturated carbocycles. The summed E-state index contributed by atoms with van der Waals surface area (Å²) in [6.45, 7) is 4.26. The van der Waals surface area contributed by atoms with Crippen LogP contribution in [0.2, 0.25) is 0 Å². The molecule has 0 aliphatic carbocycles. The van der Waals surface area contributed by atoms with Crippen molar-refractivity contribution in [3.63, 3.8) is 0 Å². The van der Waals surface area contributed by atoms with Crippen LogP contribution in [0.15, 0.2) is 152 Å². The summed E-state index contributed by atoms with van der Waals surface area (Å²) >= 11 is 0. The first kappa shape index (κ1) is 26.8. The van der Waals surface area contributed by atoms with Gasteiger partial charge in [0.1, 0.15) is 7.26 Å². The molecular weight excluding hydrogens is 517 g/mol. The second-order valence-corrected chi connectivity index (χ2v) is 13.2. The van der Waals surface area contributed by atoms with Crippen LogP contribution in [0.25, 0.3) is 10.9 Å². The van der Waals surface area contributed by atoms with Crippen LogP contribution < -0.4 is 4.67 Å². The fourth-order valence-electron chi connectivity index (χ4n) is 5.51. The van der Waals surface area contributed by atoms with E-state index in [1.54, 1.807) is 0 Å². The first-order valence-electron chi connectivity index (χ1n) is 14.0. The highest BCUT2D eigenvalue weighted by molar-refractivity contribution is 7.83. The minimum atomic E-state index is -2.74. The topological polar surface area (TPSA) is 12.5 Å². The lowest BCUT2D eigenvalue weighted by atomic mass is 10.0. The van der Waals surface area contributed by atoms with Gasteiger partial charge in [-0.15, -0.1) is 0 Å². The number of allylic oxidation sites excluding steroid dienone is 3. The molecular formula is C38H34NOP. The smallest absolute Gasteiger partial charge is 0.134 e. The Morgan fingerprint density at radius 3 is 1.39 bits per heavy atom. The molecule has 0 fully saturated rings. The Morgan fingerprint density at radius 2 is 0.927 bits per heavy atom. The number of rotatable bonds is 7. The highest BCUT2D eigenvalue weighted by Gasteiger charge is 2.39. The number of nitrogens with zero attached hydrogens (tertiary/aromatic N) is 1. The first-order valence-corrected chi connectivity index (χ1v) is 15.6. The quantitative estimate of drug-likeness (QED) is 0.187. The number of aryl methyl sites for hydroxylation is 2. The van der Waals surface area contributed by atoms with Crippen molar-refractivity contribution in [1.29, 1.82) is 0 Å². The second kappa shape index (κ2) is 11.6. The van der Waals surface area contributed by atoms with E-state index < -0.39 is 7.26 Å². The Labute approximate surface area is 244 Å². The summed E-state index contributed by atoms with van der Waals surface area (Å²) in [6, 6.07) is 49.7. The zero-order chi connectivity index (χ0) is 28.2. The van der Waals surface area contributed by atoms with Crippen LogP contribution in [-0.2, 0) is 4.52 Å². The van der Waals surface area contributed by atoms with E-state index in [4.69, 9.17) is 4.52 Å². The lowest BCUT2D eigenvalue weighted by Crippen LogP contribution is -2.23. The molecule has 0 bridgehead atoms. The van der Waals surface area contributed by atoms with Gasteiger partial charge in [0, 0.05) is 29.1 Å². The van der Waals surface area contributed by atoms with E-state index in [2.05, 4.69) is 170 Å². The number of hydrogen-bond donors (Lipinski definition) is 0. The van der Waals surface area contributed by atoms with Crippen LogP contribution >= 0.6 is 7.26 Å². The molecule has 2 nitrogen and oxygen atoms in total. The van der Waals surface area contributed by atoms with Crippen molar-refractivity contribution in [2.24, 2.45) is 0 Å². The monoisotopic (exact) mass is 551 g/mol. The normalized spacial score (nSPS) is 16.6. The summed E-state index contributed by atoms with van der Waals surface area (Å²) in [7, 11) is -0.863. The van der Waals surface area contributed by atoms with Crippen molar-refractivity contribution < 1.29 is 4.52 Å². The van der Waals surface area contributed by atoms with Crippen LogP contribution in [0.3, 0.4) is 0 Å². The molecule has 0 aromatic heterocycles. The van der Waals surface area contributed by atoms with Gasteiger partial charge < -0.3 is 4.52 Å². The van der Waals surface area contributed by atoms with Crippen LogP contribution in [-0.4, -0.2) is 12.4 Å². The van der Waals surface area contributed by atoms with Gasteiger partial charge >= 0.3 is 0 Å². The van der Waals surface area contributed by atoms with Crippen molar-refractivity contribution in [1.82, 2.24) is 0 Å². The Kier molecular flexibility index (Phi) is 7.61. The van der Waals surface area contributed by atoms with E-state index in [1.807, 2.05) is 7.11 Å². The molecule has 0 radical (unpaired) electrons. The third-order valence-corrected chi connectivity index (χ3v) is 11.2. The van der Waals surface area contributed by atoms with Crippen molar-refractivity contribution >= 4 is 34.8 Å². The SMILES string of the molecule is COP1(N(c2ccc(C)cc2)c2ccc(C)cc2)=C(c2ccccc2)C=C(c2ccccc2)C=C1c1ccccc1. The average Bonchev–Trinajstić information content (AvgIpc) is 3.04. The summed E-state index contributed by atoms with van der Waals surface area (Å²) in [4.78, 5) is 0. The molecule has 1 aliphatic heterocycles. The molecule has 3 heteroatoms. The maximum atomic E-state index is 7.02. The minimum Gasteiger partial charge on any atom is -0.341 e. The van der Waals surface area contributed by atoms with Gasteiger partial charge in [-0.2, -0.15) is 0 Å². The highest BCUT2D eigenvalue weighted by atomic mass is 31.2. The van der Waals surface area contributed by atoms with Gasteiger partial charge in [-0.1, -0.05) is 126 Å². The van der Waals surface area contributed by atoms with Crippen LogP contribution in [0.4, 0.5) is 11.4 Å². The van der Waals surface area contributed by atoms with E-state index in [1.165, 1.54) is 32.9 Å². The van der Waals surface area contributed by atoms with E-state index in [9.17, 15) is 0 Å². The predicted molar refractivity (Wildman–Crippen MR) is 178 cm³/mol. The minimum absolute atomic E-state index is 1.10. The third kappa shape index (κ3) is 5.13. The van der Waals surface area contributed by atoms with Gasteiger partial charge in [0.05, 0.1) is 0 Å². The maximum absolute atomic E-state index is 7.02. The Balaban J connectivity index is 1.79. The fraction of sp³-hybridized carbons (Fsp3) is 0.0789. The Hall–Kier alpha value is -4.36. The summed E-state index contributed by atoms with van der Waals surface area (Å²) in [5.74, 6) is 0. The summed E-state index contributed by atoms with van der Waals surface area (Å²) in [5, 5.41) is 2.36. The maximum Gasteiger partial charge on any atom is 0.134 e. The molecule has 1 atom stereocenters. The van der Waals surface area contributed by atoms with E-state index in [0.717, 1.165) is 22.5 Å². The summed E-state index contributed by atoms with van der Waals surface area (Å²) in [6.07, 6.45) is 4.70. The molecule has 5 aromatic carbocycles. The molecule has 0 N–H and O–H groups in total. The van der Waals surface area contributed by atoms with Crippen LogP contribution in [0, 0.1) is 13.8 Å². The lowest BCUT2D eigenvalue weighted by Gasteiger charge is -2.44. The summed E-state index contributed by atoms with van der Waals surface area (Å²) < 4.78 is 9.48. The molecule has 1 aliphatic rings. The van der Waals surface area contributed by atoms with Crippen molar-refractivity contribution in [3.8, 4) is 0 Å². The lowest BCUT2D eigenvalue weighted by molar-refractivity contribution is 0.464. The molecule has 1 unspecified atom stereocenters. The van der Waals surface area contributed by atoms with Gasteiger partial charge in [-0.3, -0.25) is 4.67 Å². The van der Waals surface area contributed by atoms with E-state index >= 15 is 0 Å². The van der Waals surface area contributed by atoms with Crippen molar-refractivity contribution in [2.75, 3.05) is 11.8 Å². The summed E-state index contributed by atoms with van der Waals surface area (Å²) in [5.41, 5.74) is 9.31. The van der Waals surface area contributed by atoms with Gasteiger partial charge in [0.25, 0.3) is 0 Å². The predicted octanol–water partition coefficient (Wildman–Crippen LogP) is 10.3. The van der Waals surface area contributed by atoms with E-state index in [0.29, 0.717) is 0 Å². The highest BCUT2D eigenvalue weighted by Crippen LogP contribution is 2.70. The molecule has 0 amide bonds. The number of benzene rings is 5. The zero-order valence-electron chi connectivity index (χ0n) is 23.7. The molecule has 41 heavy (non-hydrogen) atoms. The fourth-order valence-corrected chi connectivity index (χ4v) is 9.30. The van der Waals surface area contributed by atoms with Crippen molar-refractivity contribution in [2.45, 2.75) is 13.8 Å². The molecule has 5 aromatic rings. The number of hydrogen-bond acceptors (Lipinski definition) is 2. The molecule has 202 valence electrons. The second-order valence-electron chi connectivity index (χ2n) is 10.4. The van der Waals surface area contributed by atoms with Crippen LogP contribution in [0.5, 0.6) is 0 Å². The first-order chi connectivity index (χ1) is 20.1. The van der Waals surface area contributed by atoms with Gasteiger partial charge in [-0.05, 0) is 72.5 Å². The molecule has 1 heterocycles. The van der Waals surface area contributed by atoms with Crippen molar-refractivity contribution in [3.05, 3.63) is 179 Å². The van der Waals surface area contributed by atoms with Gasteiger partial charge in [0.2, 0.25) is 0 Å². The molecule has 0 spiro atoms. The molecule has 0 saturated heterocycles. The third-order valence-electron chi connectivity index (χ3n) is 7.59. The van der Waals surface area contributed by atoms with Gasteiger partial charge in [-0.25, -0.2) is 0 Å². The Morgan fingerprint density at radius 1 is 0.488 bits per heavy atom. The van der Waals surface area contributed by atoms with Gasteiger partial charge in [0.15, 0.2) is 0 Å². The standard InChI is InChI=1S/C38H34NOP/c1-29-19-23-35(24-20-29)39(36-25-21-30(2)22-26-36)41(40-3)37(32-15-9-5-10-16-32)27-34(31-13-7-4-8-14-31)28-38(41)33-17-11-6-12-18-33/h4-28H,1-3H3. The largest absolute Gasteiger partial charge is 0.341 e. The molecule has 6 rings (SSSR count). The average molecular weight is 552 g/mol. The number of anilines is 2. The van der Waals surface area contributed by atoms with Crippen LogP contribution in [0.1, 0.15) is 27.8 Å². The Bertz CT molecular complexity index is 1700. The zero-order valence-corrected chi connectivity index (χ0v) is 24.6.